The molecule has 1 fully saturated rings. The van der Waals surface area contributed by atoms with Gasteiger partial charge in [0.2, 0.25) is 0 Å². The quantitative estimate of drug-likeness (QED) is 0.824. The van der Waals surface area contributed by atoms with Crippen LogP contribution in [-0.4, -0.2) is 31.6 Å². The normalized spacial score (nSPS) is 21.3. The molecule has 18 heavy (non-hydrogen) atoms. The number of fused-ring (bicyclic) bond motifs is 1. The maximum absolute atomic E-state index is 3.60. The molecule has 0 radical (unpaired) electrons. The Morgan fingerprint density at radius 1 is 1.11 bits per heavy atom. The summed E-state index contributed by atoms with van der Waals surface area (Å²) in [4.78, 5) is 2.39. The Hall–Kier alpha value is -1.38. The molecular weight excluding hydrogens is 220 g/mol. The topological polar surface area (TPSA) is 15.3 Å². The van der Waals surface area contributed by atoms with Gasteiger partial charge in [0, 0.05) is 25.7 Å². The van der Waals surface area contributed by atoms with Gasteiger partial charge in [0.1, 0.15) is 0 Å². The highest BCUT2D eigenvalue weighted by Crippen LogP contribution is 2.23. The van der Waals surface area contributed by atoms with Gasteiger partial charge in [-0.3, -0.25) is 0 Å². The van der Waals surface area contributed by atoms with Crippen LogP contribution in [0.1, 0.15) is 17.2 Å². The van der Waals surface area contributed by atoms with Gasteiger partial charge < -0.3 is 10.2 Å². The van der Waals surface area contributed by atoms with Crippen LogP contribution in [0.4, 0.5) is 0 Å². The predicted octanol–water partition coefficient (Wildman–Crippen LogP) is 2.72. The number of hydrogen-bond donors (Lipinski definition) is 1. The minimum absolute atomic E-state index is 0.467. The fraction of sp³-hybridized carbons (Fsp3) is 0.375. The molecule has 2 heteroatoms. The summed E-state index contributed by atoms with van der Waals surface area (Å²) in [5.41, 5.74) is 2.73. The van der Waals surface area contributed by atoms with Gasteiger partial charge in [-0.2, -0.15) is 0 Å². The van der Waals surface area contributed by atoms with E-state index in [0.29, 0.717) is 6.04 Å². The van der Waals surface area contributed by atoms with E-state index in [0.717, 1.165) is 19.6 Å². The van der Waals surface area contributed by atoms with E-state index in [1.165, 1.54) is 21.9 Å². The summed E-state index contributed by atoms with van der Waals surface area (Å²) < 4.78 is 0. The highest BCUT2D eigenvalue weighted by atomic mass is 15.2. The van der Waals surface area contributed by atoms with Crippen LogP contribution in [0.3, 0.4) is 0 Å². The lowest BCUT2D eigenvalue weighted by Gasteiger charge is -2.31. The number of aryl methyl sites for hydroxylation is 1. The zero-order valence-corrected chi connectivity index (χ0v) is 11.1. The summed E-state index contributed by atoms with van der Waals surface area (Å²) >= 11 is 0. The second-order valence-corrected chi connectivity index (χ2v) is 5.38. The third-order valence-electron chi connectivity index (χ3n) is 3.80. The van der Waals surface area contributed by atoms with Crippen LogP contribution in [0.15, 0.2) is 36.4 Å². The molecule has 1 heterocycles. The van der Waals surface area contributed by atoms with Crippen LogP contribution < -0.4 is 5.32 Å². The lowest BCUT2D eigenvalue weighted by Crippen LogP contribution is -2.43. The van der Waals surface area contributed by atoms with Crippen LogP contribution >= 0.6 is 0 Å². The molecule has 1 N–H and O–H groups in total. The van der Waals surface area contributed by atoms with Crippen LogP contribution in [0.2, 0.25) is 0 Å². The highest BCUT2D eigenvalue weighted by Gasteiger charge is 2.17. The summed E-state index contributed by atoms with van der Waals surface area (Å²) in [6, 6.07) is 14.0. The van der Waals surface area contributed by atoms with Crippen molar-refractivity contribution in [3.63, 3.8) is 0 Å². The zero-order chi connectivity index (χ0) is 12.5. The monoisotopic (exact) mass is 240 g/mol. The molecule has 1 unspecified atom stereocenters. The first-order valence-electron chi connectivity index (χ1n) is 6.64. The van der Waals surface area contributed by atoms with E-state index < -0.39 is 0 Å². The van der Waals surface area contributed by atoms with Crippen molar-refractivity contribution in [2.75, 3.05) is 26.7 Å². The molecule has 94 valence electrons. The predicted molar refractivity (Wildman–Crippen MR) is 76.9 cm³/mol. The highest BCUT2D eigenvalue weighted by molar-refractivity contribution is 5.83. The third-order valence-corrected chi connectivity index (χ3v) is 3.80. The van der Waals surface area contributed by atoms with Crippen molar-refractivity contribution in [2.45, 2.75) is 13.0 Å². The lowest BCUT2D eigenvalue weighted by atomic mass is 9.99. The molecule has 2 aromatic carbocycles. The second-order valence-electron chi connectivity index (χ2n) is 5.38. The van der Waals surface area contributed by atoms with E-state index in [4.69, 9.17) is 0 Å². The van der Waals surface area contributed by atoms with Crippen LogP contribution in [-0.2, 0) is 0 Å². The first kappa shape index (κ1) is 11.7. The van der Waals surface area contributed by atoms with Crippen molar-refractivity contribution < 1.29 is 0 Å². The number of nitrogens with one attached hydrogen (secondary N) is 1. The minimum Gasteiger partial charge on any atom is -0.308 e. The van der Waals surface area contributed by atoms with E-state index in [2.05, 4.69) is 60.6 Å². The van der Waals surface area contributed by atoms with Gasteiger partial charge in [-0.05, 0) is 36.4 Å². The SMILES string of the molecule is Cc1ccc2cc(C3CN(C)CCN3)ccc2c1. The largest absolute Gasteiger partial charge is 0.308 e. The maximum Gasteiger partial charge on any atom is 0.0449 e. The summed E-state index contributed by atoms with van der Waals surface area (Å²) in [5.74, 6) is 0. The minimum atomic E-state index is 0.467. The van der Waals surface area contributed by atoms with Crippen LogP contribution in [0.25, 0.3) is 10.8 Å². The van der Waals surface area contributed by atoms with E-state index in [9.17, 15) is 0 Å². The van der Waals surface area contributed by atoms with Crippen LogP contribution in [0, 0.1) is 6.92 Å². The number of likely N-dealkylation sites (N-methyl/N-ethyl adjacent to an activating group) is 1. The molecule has 0 aliphatic carbocycles. The van der Waals surface area contributed by atoms with Crippen LogP contribution in [0.5, 0.6) is 0 Å². The number of benzene rings is 2. The van der Waals surface area contributed by atoms with E-state index in [-0.39, 0.29) is 0 Å². The fourth-order valence-corrected chi connectivity index (χ4v) is 2.72. The van der Waals surface area contributed by atoms with Crippen molar-refractivity contribution >= 4 is 10.8 Å². The van der Waals surface area contributed by atoms with Gasteiger partial charge in [0.05, 0.1) is 0 Å². The molecule has 1 saturated heterocycles. The van der Waals surface area contributed by atoms with Gasteiger partial charge in [-0.15, -0.1) is 0 Å². The lowest BCUT2D eigenvalue weighted by molar-refractivity contribution is 0.241. The Kier molecular flexibility index (Phi) is 3.06. The van der Waals surface area contributed by atoms with Gasteiger partial charge in [-0.1, -0.05) is 35.9 Å². The summed E-state index contributed by atoms with van der Waals surface area (Å²) in [5, 5.41) is 6.28. The standard InChI is InChI=1S/C16H20N2/c1-12-3-4-14-10-15(6-5-13(14)9-12)16-11-18(2)8-7-17-16/h3-6,9-10,16-17H,7-8,11H2,1-2H3. The van der Waals surface area contributed by atoms with Crippen molar-refractivity contribution in [1.82, 2.24) is 10.2 Å². The van der Waals surface area contributed by atoms with Crippen molar-refractivity contribution in [1.29, 1.82) is 0 Å². The van der Waals surface area contributed by atoms with Crippen molar-refractivity contribution in [2.24, 2.45) is 0 Å². The fourth-order valence-electron chi connectivity index (χ4n) is 2.72. The van der Waals surface area contributed by atoms with Crippen molar-refractivity contribution in [3.8, 4) is 0 Å². The van der Waals surface area contributed by atoms with Gasteiger partial charge in [0.25, 0.3) is 0 Å². The number of hydrogen-bond acceptors (Lipinski definition) is 2. The molecule has 0 spiro atoms. The summed E-state index contributed by atoms with van der Waals surface area (Å²) in [7, 11) is 2.19. The molecule has 1 aliphatic rings. The average Bonchev–Trinajstić information content (AvgIpc) is 2.38. The Morgan fingerprint density at radius 2 is 1.89 bits per heavy atom. The average molecular weight is 240 g/mol. The number of nitrogens with zero attached hydrogens (tertiary/aromatic N) is 1. The zero-order valence-electron chi connectivity index (χ0n) is 11.1. The number of rotatable bonds is 1. The van der Waals surface area contributed by atoms with Gasteiger partial charge >= 0.3 is 0 Å². The van der Waals surface area contributed by atoms with E-state index in [1.54, 1.807) is 0 Å². The first-order chi connectivity index (χ1) is 8.72. The van der Waals surface area contributed by atoms with E-state index in [1.807, 2.05) is 0 Å². The van der Waals surface area contributed by atoms with Gasteiger partial charge in [-0.25, -0.2) is 0 Å². The molecule has 0 bridgehead atoms. The molecule has 2 nitrogen and oxygen atoms in total. The summed E-state index contributed by atoms with van der Waals surface area (Å²) in [6.07, 6.45) is 0. The molecule has 1 atom stereocenters. The molecule has 0 saturated carbocycles. The molecular formula is C16H20N2. The third kappa shape index (κ3) is 2.26. The maximum atomic E-state index is 3.60. The Labute approximate surface area is 109 Å². The van der Waals surface area contributed by atoms with Crippen molar-refractivity contribution in [3.05, 3.63) is 47.5 Å². The van der Waals surface area contributed by atoms with E-state index >= 15 is 0 Å². The molecule has 0 aromatic heterocycles. The Morgan fingerprint density at radius 3 is 2.72 bits per heavy atom. The molecule has 0 amide bonds. The Bertz CT molecular complexity index is 562. The smallest absolute Gasteiger partial charge is 0.0449 e. The number of piperazine rings is 1. The van der Waals surface area contributed by atoms with Gasteiger partial charge in [0.15, 0.2) is 0 Å². The molecule has 3 rings (SSSR count). The first-order valence-corrected chi connectivity index (χ1v) is 6.64. The molecule has 1 aliphatic heterocycles. The summed E-state index contributed by atoms with van der Waals surface area (Å²) in [6.45, 7) is 5.46. The second kappa shape index (κ2) is 4.71. The molecule has 2 aromatic rings. The Balaban J connectivity index is 1.95.